The number of nitrogens with one attached hydrogen (secondary N) is 1. The van der Waals surface area contributed by atoms with E-state index in [-0.39, 0.29) is 23.3 Å². The zero-order valence-electron chi connectivity index (χ0n) is 10.2. The number of halogens is 1. The van der Waals surface area contributed by atoms with Gasteiger partial charge in [-0.3, -0.25) is 14.9 Å². The molecule has 0 atom stereocenters. The number of carbonyl (C=O) groups excluding carboxylic acids is 1. The average Bonchev–Trinajstić information content (AvgIpc) is 2.45. The Morgan fingerprint density at radius 2 is 2.00 bits per heavy atom. The van der Waals surface area contributed by atoms with E-state index in [0.717, 1.165) is 5.56 Å². The molecule has 0 radical (unpaired) electrons. The number of benzene rings is 1. The number of hydrogen-bond donors (Lipinski definition) is 1. The predicted octanol–water partition coefficient (Wildman–Crippen LogP) is 2.57. The van der Waals surface area contributed by atoms with Crippen molar-refractivity contribution in [3.05, 3.63) is 69.0 Å². The maximum atomic E-state index is 11.8. The Bertz CT molecular complexity index is 644. The summed E-state index contributed by atoms with van der Waals surface area (Å²) in [5, 5.41) is 13.5. The van der Waals surface area contributed by atoms with Crippen molar-refractivity contribution in [2.45, 2.75) is 6.54 Å². The quantitative estimate of drug-likeness (QED) is 0.533. The van der Waals surface area contributed by atoms with Gasteiger partial charge in [-0.05, 0) is 17.7 Å². The largest absolute Gasteiger partial charge is 0.348 e. The first-order valence-corrected chi connectivity index (χ1v) is 6.07. The fraction of sp³-hybridized carbons (Fsp3) is 0.0769. The number of aromatic nitrogens is 1. The molecule has 1 N–H and O–H groups in total. The molecule has 1 aromatic heterocycles. The van der Waals surface area contributed by atoms with Crippen LogP contribution in [0, 0.1) is 10.1 Å². The molecule has 0 saturated heterocycles. The molecule has 6 nitrogen and oxygen atoms in total. The van der Waals surface area contributed by atoms with E-state index < -0.39 is 4.92 Å². The fourth-order valence-corrected chi connectivity index (χ4v) is 1.74. The van der Waals surface area contributed by atoms with Gasteiger partial charge in [0.25, 0.3) is 11.6 Å². The SMILES string of the molecule is O=C(NCc1ccc([N+](=O)[O-])cc1)c1ccnc(Cl)c1. The zero-order chi connectivity index (χ0) is 14.5. The highest BCUT2D eigenvalue weighted by molar-refractivity contribution is 6.29. The van der Waals surface area contributed by atoms with Crippen molar-refractivity contribution in [2.75, 3.05) is 0 Å². The Morgan fingerprint density at radius 3 is 2.60 bits per heavy atom. The normalized spacial score (nSPS) is 10.1. The number of non-ortho nitro benzene ring substituents is 1. The third kappa shape index (κ3) is 3.52. The van der Waals surface area contributed by atoms with Gasteiger partial charge >= 0.3 is 0 Å². The topological polar surface area (TPSA) is 85.1 Å². The van der Waals surface area contributed by atoms with Crippen LogP contribution in [0.2, 0.25) is 5.15 Å². The van der Waals surface area contributed by atoms with Gasteiger partial charge in [0.15, 0.2) is 0 Å². The van der Waals surface area contributed by atoms with E-state index in [9.17, 15) is 14.9 Å². The number of nitrogens with zero attached hydrogens (tertiary/aromatic N) is 2. The van der Waals surface area contributed by atoms with Gasteiger partial charge in [0.1, 0.15) is 5.15 Å². The Balaban J connectivity index is 1.98. The van der Waals surface area contributed by atoms with Crippen LogP contribution in [0.3, 0.4) is 0 Å². The Labute approximate surface area is 119 Å². The van der Waals surface area contributed by atoms with Gasteiger partial charge in [-0.15, -0.1) is 0 Å². The summed E-state index contributed by atoms with van der Waals surface area (Å²) in [5.74, 6) is -0.285. The third-order valence-electron chi connectivity index (χ3n) is 2.59. The Morgan fingerprint density at radius 1 is 1.30 bits per heavy atom. The zero-order valence-corrected chi connectivity index (χ0v) is 11.0. The van der Waals surface area contributed by atoms with Gasteiger partial charge in [0.05, 0.1) is 4.92 Å². The van der Waals surface area contributed by atoms with Crippen molar-refractivity contribution < 1.29 is 9.72 Å². The number of carbonyl (C=O) groups is 1. The predicted molar refractivity (Wildman–Crippen MR) is 73.5 cm³/mol. The molecular weight excluding hydrogens is 282 g/mol. The first kappa shape index (κ1) is 14.0. The molecule has 1 heterocycles. The summed E-state index contributed by atoms with van der Waals surface area (Å²) >= 11 is 5.70. The van der Waals surface area contributed by atoms with Crippen LogP contribution in [-0.4, -0.2) is 15.8 Å². The standard InChI is InChI=1S/C13H10ClN3O3/c14-12-7-10(5-6-15-12)13(18)16-8-9-1-3-11(4-2-9)17(19)20/h1-7H,8H2,(H,16,18). The number of nitro groups is 1. The minimum atomic E-state index is -0.471. The van der Waals surface area contributed by atoms with E-state index in [0.29, 0.717) is 5.56 Å². The molecule has 1 amide bonds. The summed E-state index contributed by atoms with van der Waals surface area (Å²) in [6.45, 7) is 0.275. The fourth-order valence-electron chi connectivity index (χ4n) is 1.56. The summed E-state index contributed by atoms with van der Waals surface area (Å²) in [5.41, 5.74) is 1.19. The highest BCUT2D eigenvalue weighted by Gasteiger charge is 2.07. The van der Waals surface area contributed by atoms with Gasteiger partial charge in [-0.25, -0.2) is 4.98 Å². The molecule has 102 valence electrons. The molecule has 2 aromatic rings. The van der Waals surface area contributed by atoms with Crippen LogP contribution >= 0.6 is 11.6 Å². The molecule has 7 heteroatoms. The highest BCUT2D eigenvalue weighted by Crippen LogP contribution is 2.12. The van der Waals surface area contributed by atoms with E-state index in [1.54, 1.807) is 18.2 Å². The van der Waals surface area contributed by atoms with Crippen LogP contribution < -0.4 is 5.32 Å². The van der Waals surface area contributed by atoms with Gasteiger partial charge in [-0.2, -0.15) is 0 Å². The van der Waals surface area contributed by atoms with Gasteiger partial charge < -0.3 is 5.32 Å². The second-order valence-corrected chi connectivity index (χ2v) is 4.36. The van der Waals surface area contributed by atoms with E-state index in [2.05, 4.69) is 10.3 Å². The molecular formula is C13H10ClN3O3. The van der Waals surface area contributed by atoms with Crippen molar-refractivity contribution in [1.82, 2.24) is 10.3 Å². The van der Waals surface area contributed by atoms with Crippen LogP contribution in [0.5, 0.6) is 0 Å². The van der Waals surface area contributed by atoms with Gasteiger partial charge in [-0.1, -0.05) is 23.7 Å². The Hall–Kier alpha value is -2.47. The smallest absolute Gasteiger partial charge is 0.269 e. The molecule has 0 bridgehead atoms. The minimum absolute atomic E-state index is 0.0148. The van der Waals surface area contributed by atoms with Crippen LogP contribution in [0.15, 0.2) is 42.6 Å². The van der Waals surface area contributed by atoms with Crippen molar-refractivity contribution in [1.29, 1.82) is 0 Å². The van der Waals surface area contributed by atoms with E-state index in [4.69, 9.17) is 11.6 Å². The number of rotatable bonds is 4. The third-order valence-corrected chi connectivity index (χ3v) is 2.80. The summed E-state index contributed by atoms with van der Waals surface area (Å²) in [6.07, 6.45) is 1.45. The monoisotopic (exact) mass is 291 g/mol. The number of hydrogen-bond acceptors (Lipinski definition) is 4. The van der Waals surface area contributed by atoms with E-state index in [1.165, 1.54) is 24.4 Å². The van der Waals surface area contributed by atoms with Crippen molar-refractivity contribution >= 4 is 23.2 Å². The van der Waals surface area contributed by atoms with Crippen LogP contribution in [-0.2, 0) is 6.54 Å². The first-order valence-electron chi connectivity index (χ1n) is 5.69. The van der Waals surface area contributed by atoms with Crippen LogP contribution in [0.4, 0.5) is 5.69 Å². The highest BCUT2D eigenvalue weighted by atomic mass is 35.5. The van der Waals surface area contributed by atoms with Crippen LogP contribution in [0.25, 0.3) is 0 Å². The molecule has 0 saturated carbocycles. The molecule has 0 unspecified atom stereocenters. The van der Waals surface area contributed by atoms with Gasteiger partial charge in [0, 0.05) is 30.4 Å². The van der Waals surface area contributed by atoms with Crippen LogP contribution in [0.1, 0.15) is 15.9 Å². The maximum absolute atomic E-state index is 11.8. The molecule has 20 heavy (non-hydrogen) atoms. The molecule has 0 fully saturated rings. The molecule has 2 rings (SSSR count). The second kappa shape index (κ2) is 6.12. The molecule has 0 aliphatic rings. The lowest BCUT2D eigenvalue weighted by atomic mass is 10.2. The van der Waals surface area contributed by atoms with Gasteiger partial charge in [0.2, 0.25) is 0 Å². The summed E-state index contributed by atoms with van der Waals surface area (Å²) in [4.78, 5) is 25.7. The number of nitro benzene ring substituents is 1. The molecule has 0 aliphatic heterocycles. The maximum Gasteiger partial charge on any atom is 0.269 e. The molecule has 1 aromatic carbocycles. The van der Waals surface area contributed by atoms with Crippen molar-refractivity contribution in [3.63, 3.8) is 0 Å². The molecule has 0 aliphatic carbocycles. The number of amides is 1. The van der Waals surface area contributed by atoms with Crippen molar-refractivity contribution in [2.24, 2.45) is 0 Å². The van der Waals surface area contributed by atoms with E-state index in [1.807, 2.05) is 0 Å². The first-order chi connectivity index (χ1) is 9.56. The lowest BCUT2D eigenvalue weighted by Gasteiger charge is -2.05. The second-order valence-electron chi connectivity index (χ2n) is 3.97. The Kier molecular flexibility index (Phi) is 4.27. The lowest BCUT2D eigenvalue weighted by Crippen LogP contribution is -2.22. The summed E-state index contributed by atoms with van der Waals surface area (Å²) < 4.78 is 0. The molecule has 0 spiro atoms. The average molecular weight is 292 g/mol. The summed E-state index contributed by atoms with van der Waals surface area (Å²) in [6, 6.07) is 9.00. The number of pyridine rings is 1. The van der Waals surface area contributed by atoms with Crippen molar-refractivity contribution in [3.8, 4) is 0 Å². The summed E-state index contributed by atoms with van der Waals surface area (Å²) in [7, 11) is 0. The minimum Gasteiger partial charge on any atom is -0.348 e. The lowest BCUT2D eigenvalue weighted by molar-refractivity contribution is -0.384. The van der Waals surface area contributed by atoms with E-state index >= 15 is 0 Å².